The first-order valence-corrected chi connectivity index (χ1v) is 6.65. The number of nitrogens with zero attached hydrogens (tertiary/aromatic N) is 3. The normalized spacial score (nSPS) is 10.5. The summed E-state index contributed by atoms with van der Waals surface area (Å²) in [6.45, 7) is 0.487. The standard InChI is InChI=1S/C15H15N5O/c21-10-9-17-14-12-3-1-2-4-13(12)19-15(20-14)18-11-5-7-16-8-6-11/h1-8,21H,9-10H2,(H2,16,17,18,19,20). The monoisotopic (exact) mass is 281 g/mol. The largest absolute Gasteiger partial charge is 0.395 e. The van der Waals surface area contributed by atoms with Crippen molar-refractivity contribution in [2.45, 2.75) is 0 Å². The van der Waals surface area contributed by atoms with Crippen molar-refractivity contribution >= 4 is 28.4 Å². The molecule has 0 saturated carbocycles. The number of aliphatic hydroxyl groups is 1. The number of benzene rings is 1. The van der Waals surface area contributed by atoms with Crippen LogP contribution in [0.25, 0.3) is 10.9 Å². The molecule has 106 valence electrons. The number of aliphatic hydroxyl groups excluding tert-OH is 1. The van der Waals surface area contributed by atoms with Crippen LogP contribution in [0.15, 0.2) is 48.8 Å². The highest BCUT2D eigenvalue weighted by atomic mass is 16.3. The topological polar surface area (TPSA) is 83.0 Å². The molecule has 0 unspecified atom stereocenters. The van der Waals surface area contributed by atoms with E-state index in [-0.39, 0.29) is 6.61 Å². The number of para-hydroxylation sites is 1. The minimum atomic E-state index is 0.0471. The third-order valence-electron chi connectivity index (χ3n) is 2.94. The van der Waals surface area contributed by atoms with Crippen LogP contribution in [0.3, 0.4) is 0 Å². The van der Waals surface area contributed by atoms with Crippen LogP contribution in [-0.2, 0) is 0 Å². The first-order valence-electron chi connectivity index (χ1n) is 6.65. The van der Waals surface area contributed by atoms with Crippen LogP contribution in [0.5, 0.6) is 0 Å². The summed E-state index contributed by atoms with van der Waals surface area (Å²) >= 11 is 0. The van der Waals surface area contributed by atoms with Gasteiger partial charge in [0.25, 0.3) is 0 Å². The van der Waals surface area contributed by atoms with Crippen molar-refractivity contribution in [3.8, 4) is 0 Å². The summed E-state index contributed by atoms with van der Waals surface area (Å²) < 4.78 is 0. The molecule has 3 aromatic rings. The number of anilines is 3. The molecule has 2 heterocycles. The number of nitrogens with one attached hydrogen (secondary N) is 2. The van der Waals surface area contributed by atoms with E-state index in [4.69, 9.17) is 5.11 Å². The number of pyridine rings is 1. The highest BCUT2D eigenvalue weighted by molar-refractivity contribution is 5.90. The van der Waals surface area contributed by atoms with Crippen LogP contribution in [-0.4, -0.2) is 33.2 Å². The van der Waals surface area contributed by atoms with E-state index in [9.17, 15) is 0 Å². The molecule has 3 rings (SSSR count). The lowest BCUT2D eigenvalue weighted by molar-refractivity contribution is 0.311. The Morgan fingerprint density at radius 2 is 1.81 bits per heavy atom. The molecule has 2 aromatic heterocycles. The minimum absolute atomic E-state index is 0.0471. The molecule has 0 spiro atoms. The van der Waals surface area contributed by atoms with Crippen LogP contribution >= 0.6 is 0 Å². The molecule has 6 nitrogen and oxygen atoms in total. The molecule has 0 atom stereocenters. The van der Waals surface area contributed by atoms with Gasteiger partial charge in [0.05, 0.1) is 12.1 Å². The smallest absolute Gasteiger partial charge is 0.229 e. The molecule has 0 bridgehead atoms. The molecule has 0 fully saturated rings. The molecule has 6 heteroatoms. The van der Waals surface area contributed by atoms with Crippen molar-refractivity contribution < 1.29 is 5.11 Å². The fraction of sp³-hybridized carbons (Fsp3) is 0.133. The Morgan fingerprint density at radius 1 is 1.00 bits per heavy atom. The zero-order valence-corrected chi connectivity index (χ0v) is 11.3. The predicted octanol–water partition coefficient (Wildman–Crippen LogP) is 2.17. The third kappa shape index (κ3) is 3.06. The first kappa shape index (κ1) is 13.3. The van der Waals surface area contributed by atoms with Crippen molar-refractivity contribution in [1.82, 2.24) is 15.0 Å². The summed E-state index contributed by atoms with van der Waals surface area (Å²) in [7, 11) is 0. The van der Waals surface area contributed by atoms with E-state index in [1.165, 1.54) is 0 Å². The molecule has 0 aliphatic carbocycles. The molecule has 0 saturated heterocycles. The van der Waals surface area contributed by atoms with E-state index in [0.717, 1.165) is 16.6 Å². The highest BCUT2D eigenvalue weighted by Crippen LogP contribution is 2.23. The summed E-state index contributed by atoms with van der Waals surface area (Å²) in [4.78, 5) is 12.9. The quantitative estimate of drug-likeness (QED) is 0.665. The van der Waals surface area contributed by atoms with Gasteiger partial charge in [-0.25, -0.2) is 4.98 Å². The van der Waals surface area contributed by atoms with Gasteiger partial charge in [0.1, 0.15) is 5.82 Å². The number of hydrogen-bond acceptors (Lipinski definition) is 6. The van der Waals surface area contributed by atoms with Crippen LogP contribution in [0.4, 0.5) is 17.5 Å². The maximum absolute atomic E-state index is 8.98. The second-order valence-electron chi connectivity index (χ2n) is 4.42. The number of aromatic nitrogens is 3. The van der Waals surface area contributed by atoms with Gasteiger partial charge in [-0.1, -0.05) is 12.1 Å². The summed E-state index contributed by atoms with van der Waals surface area (Å²) in [5.74, 6) is 1.20. The highest BCUT2D eigenvalue weighted by Gasteiger charge is 2.07. The molecular formula is C15H15N5O. The van der Waals surface area contributed by atoms with Crippen molar-refractivity contribution in [3.05, 3.63) is 48.8 Å². The Balaban J connectivity index is 1.99. The van der Waals surface area contributed by atoms with Gasteiger partial charge >= 0.3 is 0 Å². The maximum atomic E-state index is 8.98. The number of hydrogen-bond donors (Lipinski definition) is 3. The Kier molecular flexibility index (Phi) is 3.88. The first-order chi connectivity index (χ1) is 10.4. The van der Waals surface area contributed by atoms with Crippen molar-refractivity contribution in [2.24, 2.45) is 0 Å². The maximum Gasteiger partial charge on any atom is 0.229 e. The van der Waals surface area contributed by atoms with Gasteiger partial charge in [0.2, 0.25) is 5.95 Å². The van der Waals surface area contributed by atoms with Gasteiger partial charge in [0, 0.05) is 30.0 Å². The molecular weight excluding hydrogens is 266 g/mol. The SMILES string of the molecule is OCCNc1nc(Nc2ccncc2)nc2ccccc12. The van der Waals surface area contributed by atoms with Crippen molar-refractivity contribution in [3.63, 3.8) is 0 Å². The Morgan fingerprint density at radius 3 is 2.62 bits per heavy atom. The van der Waals surface area contributed by atoms with Gasteiger partial charge in [-0.05, 0) is 24.3 Å². The van der Waals surface area contributed by atoms with Crippen LogP contribution in [0.1, 0.15) is 0 Å². The number of rotatable bonds is 5. The molecule has 21 heavy (non-hydrogen) atoms. The molecule has 0 radical (unpaired) electrons. The Hall–Kier alpha value is -2.73. The molecule has 0 aliphatic rings. The summed E-state index contributed by atoms with van der Waals surface area (Å²) in [6, 6.07) is 11.4. The number of fused-ring (bicyclic) bond motifs is 1. The van der Waals surface area contributed by atoms with Gasteiger partial charge in [-0.15, -0.1) is 0 Å². The summed E-state index contributed by atoms with van der Waals surface area (Å²) in [5, 5.41) is 16.2. The van der Waals surface area contributed by atoms with E-state index in [1.54, 1.807) is 12.4 Å². The van der Waals surface area contributed by atoms with Crippen LogP contribution in [0.2, 0.25) is 0 Å². The Labute approximate surface area is 121 Å². The average Bonchev–Trinajstić information content (AvgIpc) is 2.53. The molecule has 1 aromatic carbocycles. The average molecular weight is 281 g/mol. The minimum Gasteiger partial charge on any atom is -0.395 e. The summed E-state index contributed by atoms with van der Waals surface area (Å²) in [5.41, 5.74) is 1.71. The van der Waals surface area contributed by atoms with Crippen LogP contribution in [0, 0.1) is 0 Å². The van der Waals surface area contributed by atoms with Gasteiger partial charge in [-0.3, -0.25) is 4.98 Å². The predicted molar refractivity (Wildman–Crippen MR) is 82.6 cm³/mol. The lowest BCUT2D eigenvalue weighted by Gasteiger charge is -2.11. The van der Waals surface area contributed by atoms with E-state index < -0.39 is 0 Å². The van der Waals surface area contributed by atoms with Crippen LogP contribution < -0.4 is 10.6 Å². The van der Waals surface area contributed by atoms with Gasteiger partial charge < -0.3 is 15.7 Å². The van der Waals surface area contributed by atoms with E-state index in [1.807, 2.05) is 36.4 Å². The second-order valence-corrected chi connectivity index (χ2v) is 4.42. The third-order valence-corrected chi connectivity index (χ3v) is 2.94. The fourth-order valence-electron chi connectivity index (χ4n) is 2.01. The van der Waals surface area contributed by atoms with E-state index in [0.29, 0.717) is 18.3 Å². The lowest BCUT2D eigenvalue weighted by Crippen LogP contribution is -2.09. The van der Waals surface area contributed by atoms with Crippen molar-refractivity contribution in [1.29, 1.82) is 0 Å². The second kappa shape index (κ2) is 6.15. The fourth-order valence-corrected chi connectivity index (χ4v) is 2.01. The Bertz CT molecular complexity index is 732. The molecule has 3 N–H and O–H groups in total. The van der Waals surface area contributed by atoms with Crippen molar-refractivity contribution in [2.75, 3.05) is 23.8 Å². The zero-order valence-electron chi connectivity index (χ0n) is 11.3. The van der Waals surface area contributed by atoms with Gasteiger partial charge in [0.15, 0.2) is 0 Å². The molecule has 0 aliphatic heterocycles. The zero-order chi connectivity index (χ0) is 14.5. The lowest BCUT2D eigenvalue weighted by atomic mass is 10.2. The molecule has 0 amide bonds. The van der Waals surface area contributed by atoms with E-state index in [2.05, 4.69) is 25.6 Å². The van der Waals surface area contributed by atoms with Gasteiger partial charge in [-0.2, -0.15) is 4.98 Å². The van der Waals surface area contributed by atoms with E-state index >= 15 is 0 Å². The summed E-state index contributed by atoms with van der Waals surface area (Å²) in [6.07, 6.45) is 3.41.